The highest BCUT2D eigenvalue weighted by molar-refractivity contribution is 5.66. The van der Waals surface area contributed by atoms with Crippen molar-refractivity contribution in [3.8, 4) is 22.3 Å². The summed E-state index contributed by atoms with van der Waals surface area (Å²) in [6.45, 7) is 4.98. The highest BCUT2D eigenvalue weighted by Gasteiger charge is 2.23. The number of nitrogens with zero attached hydrogens (tertiary/aromatic N) is 5. The fourth-order valence-electron chi connectivity index (χ4n) is 5.31. The normalized spacial score (nSPS) is 18.0. The molecule has 36 heavy (non-hydrogen) atoms. The first-order valence-corrected chi connectivity index (χ1v) is 12.9. The molecule has 1 aliphatic carbocycles. The van der Waals surface area contributed by atoms with Gasteiger partial charge in [-0.2, -0.15) is 10.2 Å². The molecule has 0 unspecified atom stereocenters. The Hall–Kier alpha value is -3.61. The third kappa shape index (κ3) is 5.30. The van der Waals surface area contributed by atoms with Gasteiger partial charge in [-0.05, 0) is 54.7 Å². The Bertz CT molecular complexity index is 1370. The second-order valence-electron chi connectivity index (χ2n) is 10.6. The van der Waals surface area contributed by atoms with Gasteiger partial charge >= 0.3 is 0 Å². The van der Waals surface area contributed by atoms with Gasteiger partial charge in [-0.1, -0.05) is 38.1 Å². The van der Waals surface area contributed by atoms with Crippen molar-refractivity contribution >= 4 is 5.69 Å². The number of aromatic nitrogens is 5. The predicted molar refractivity (Wildman–Crippen MR) is 145 cm³/mol. The second-order valence-corrected chi connectivity index (χ2v) is 10.6. The largest absolute Gasteiger partial charge is 0.378 e. The van der Waals surface area contributed by atoms with E-state index in [9.17, 15) is 4.79 Å². The summed E-state index contributed by atoms with van der Waals surface area (Å²) in [6.07, 6.45) is 14.1. The van der Waals surface area contributed by atoms with Crippen molar-refractivity contribution in [2.45, 2.75) is 58.0 Å². The summed E-state index contributed by atoms with van der Waals surface area (Å²) in [6, 6.07) is 11.3. The molecule has 188 valence electrons. The van der Waals surface area contributed by atoms with Crippen LogP contribution in [0.15, 0.2) is 66.1 Å². The van der Waals surface area contributed by atoms with Crippen LogP contribution in [-0.2, 0) is 20.6 Å². The smallest absolute Gasteiger partial charge is 0.273 e. The number of anilines is 1. The molecule has 5 rings (SSSR count). The Morgan fingerprint density at radius 1 is 0.861 bits per heavy atom. The van der Waals surface area contributed by atoms with Crippen molar-refractivity contribution < 1.29 is 0 Å². The standard InChI is InChI=1S/C29H36N6O/c1-20(2)16-35-19-24(26-15-31-34(4)18-26)13-28(29(35)36)32-27-11-9-22(10-12-27)21-5-7-23(8-6-21)25-14-30-33(3)17-25/h5-8,13-15,17-20,22,27,32H,9-12,16H2,1-4H3. The average Bonchev–Trinajstić information content (AvgIpc) is 3.50. The van der Waals surface area contributed by atoms with Gasteiger partial charge < -0.3 is 9.88 Å². The Morgan fingerprint density at radius 3 is 2.03 bits per heavy atom. The third-order valence-corrected chi connectivity index (χ3v) is 7.19. The van der Waals surface area contributed by atoms with Crippen LogP contribution in [0.25, 0.3) is 22.3 Å². The monoisotopic (exact) mass is 484 g/mol. The molecule has 0 amide bonds. The summed E-state index contributed by atoms with van der Waals surface area (Å²) >= 11 is 0. The Balaban J connectivity index is 1.28. The van der Waals surface area contributed by atoms with Crippen molar-refractivity contribution in [1.82, 2.24) is 24.1 Å². The molecule has 1 aliphatic rings. The summed E-state index contributed by atoms with van der Waals surface area (Å²) in [4.78, 5) is 13.3. The lowest BCUT2D eigenvalue weighted by Gasteiger charge is -2.30. The lowest BCUT2D eigenvalue weighted by Crippen LogP contribution is -2.31. The molecule has 4 aromatic rings. The maximum absolute atomic E-state index is 13.3. The van der Waals surface area contributed by atoms with Crippen LogP contribution in [0.5, 0.6) is 0 Å². The zero-order valence-corrected chi connectivity index (χ0v) is 21.7. The minimum atomic E-state index is 0.0597. The topological polar surface area (TPSA) is 69.7 Å². The van der Waals surface area contributed by atoms with Gasteiger partial charge in [0.05, 0.1) is 12.4 Å². The predicted octanol–water partition coefficient (Wildman–Crippen LogP) is 5.44. The van der Waals surface area contributed by atoms with Crippen molar-refractivity contribution in [3.63, 3.8) is 0 Å². The van der Waals surface area contributed by atoms with Crippen molar-refractivity contribution in [3.05, 3.63) is 77.2 Å². The van der Waals surface area contributed by atoms with Gasteiger partial charge in [-0.25, -0.2) is 0 Å². The summed E-state index contributed by atoms with van der Waals surface area (Å²) in [5.41, 5.74) is 6.55. The SMILES string of the molecule is CC(C)Cn1cc(-c2cnn(C)c2)cc(NC2CCC(c3ccc(-c4cnn(C)c4)cc3)CC2)c1=O. The molecule has 1 N–H and O–H groups in total. The minimum Gasteiger partial charge on any atom is -0.378 e. The number of hydrogen-bond acceptors (Lipinski definition) is 4. The molecule has 0 bridgehead atoms. The fourth-order valence-corrected chi connectivity index (χ4v) is 5.31. The molecular weight excluding hydrogens is 448 g/mol. The molecular formula is C29H36N6O. The van der Waals surface area contributed by atoms with E-state index in [1.54, 1.807) is 4.68 Å². The van der Waals surface area contributed by atoms with E-state index in [2.05, 4.69) is 53.6 Å². The van der Waals surface area contributed by atoms with Crippen LogP contribution in [0.2, 0.25) is 0 Å². The average molecular weight is 485 g/mol. The van der Waals surface area contributed by atoms with Gasteiger partial charge in [-0.3, -0.25) is 14.2 Å². The van der Waals surface area contributed by atoms with Crippen LogP contribution in [0, 0.1) is 5.92 Å². The molecule has 0 radical (unpaired) electrons. The van der Waals surface area contributed by atoms with Gasteiger partial charge in [0.25, 0.3) is 5.56 Å². The van der Waals surface area contributed by atoms with E-state index >= 15 is 0 Å². The maximum Gasteiger partial charge on any atom is 0.273 e. The van der Waals surface area contributed by atoms with Gasteiger partial charge in [0.1, 0.15) is 5.69 Å². The third-order valence-electron chi connectivity index (χ3n) is 7.19. The van der Waals surface area contributed by atoms with E-state index in [1.165, 1.54) is 11.1 Å². The van der Waals surface area contributed by atoms with Crippen LogP contribution >= 0.6 is 0 Å². The zero-order chi connectivity index (χ0) is 25.2. The van der Waals surface area contributed by atoms with Gasteiger partial charge in [0.15, 0.2) is 0 Å². The molecule has 0 atom stereocenters. The molecule has 1 fully saturated rings. The molecule has 3 heterocycles. The van der Waals surface area contributed by atoms with Crippen LogP contribution < -0.4 is 10.9 Å². The first-order valence-electron chi connectivity index (χ1n) is 12.9. The lowest BCUT2D eigenvalue weighted by atomic mass is 9.81. The Labute approximate surface area is 212 Å². The molecule has 7 nitrogen and oxygen atoms in total. The van der Waals surface area contributed by atoms with Crippen molar-refractivity contribution in [2.24, 2.45) is 20.0 Å². The first kappa shape index (κ1) is 24.1. The molecule has 3 aromatic heterocycles. The minimum absolute atomic E-state index is 0.0597. The number of nitrogens with one attached hydrogen (secondary N) is 1. The number of hydrogen-bond donors (Lipinski definition) is 1. The number of benzene rings is 1. The summed E-state index contributed by atoms with van der Waals surface area (Å²) in [5.74, 6) is 0.949. The van der Waals surface area contributed by atoms with Gasteiger partial charge in [0.2, 0.25) is 0 Å². The van der Waals surface area contributed by atoms with Gasteiger partial charge in [0, 0.05) is 62.0 Å². The molecule has 0 spiro atoms. The number of pyridine rings is 1. The van der Waals surface area contributed by atoms with Crippen LogP contribution in [0.1, 0.15) is 51.0 Å². The summed E-state index contributed by atoms with van der Waals surface area (Å²) in [5, 5.41) is 12.2. The molecule has 0 aliphatic heterocycles. The molecule has 7 heteroatoms. The van der Waals surface area contributed by atoms with E-state index in [0.29, 0.717) is 30.1 Å². The highest BCUT2D eigenvalue weighted by atomic mass is 16.1. The molecule has 1 aromatic carbocycles. The summed E-state index contributed by atoms with van der Waals surface area (Å²) < 4.78 is 5.48. The molecule has 1 saturated carbocycles. The summed E-state index contributed by atoms with van der Waals surface area (Å²) in [7, 11) is 3.86. The van der Waals surface area contributed by atoms with E-state index in [-0.39, 0.29) is 5.56 Å². The zero-order valence-electron chi connectivity index (χ0n) is 21.7. The van der Waals surface area contributed by atoms with Crippen molar-refractivity contribution in [1.29, 1.82) is 0 Å². The lowest BCUT2D eigenvalue weighted by molar-refractivity contribution is 0.411. The van der Waals surface area contributed by atoms with E-state index in [0.717, 1.165) is 42.4 Å². The van der Waals surface area contributed by atoms with Gasteiger partial charge in [-0.15, -0.1) is 0 Å². The highest BCUT2D eigenvalue weighted by Crippen LogP contribution is 2.35. The molecule has 0 saturated heterocycles. The quantitative estimate of drug-likeness (QED) is 0.379. The first-order chi connectivity index (χ1) is 17.4. The number of aryl methyl sites for hydroxylation is 2. The van der Waals surface area contributed by atoms with Crippen LogP contribution in [0.3, 0.4) is 0 Å². The van der Waals surface area contributed by atoms with Crippen molar-refractivity contribution in [2.75, 3.05) is 5.32 Å². The van der Waals surface area contributed by atoms with E-state index < -0.39 is 0 Å². The Kier molecular flexibility index (Phi) is 6.81. The second kappa shape index (κ2) is 10.2. The Morgan fingerprint density at radius 2 is 1.47 bits per heavy atom. The van der Waals surface area contributed by atoms with Crippen LogP contribution in [0.4, 0.5) is 5.69 Å². The van der Waals surface area contributed by atoms with Crippen LogP contribution in [-0.4, -0.2) is 30.2 Å². The van der Waals surface area contributed by atoms with E-state index in [4.69, 9.17) is 0 Å². The maximum atomic E-state index is 13.3. The fraction of sp³-hybridized carbons (Fsp3) is 0.414. The number of rotatable bonds is 7. The van der Waals surface area contributed by atoms with E-state index in [1.807, 2.05) is 60.4 Å².